The molecule has 5 nitrogen and oxygen atoms in total. The fraction of sp³-hybridized carbons (Fsp3) is 0.750. The number of carboxylic acid groups (broad SMARTS) is 1. The summed E-state index contributed by atoms with van der Waals surface area (Å²) in [6.07, 6.45) is -0.128. The Labute approximate surface area is 77.5 Å². The van der Waals surface area contributed by atoms with Gasteiger partial charge in [-0.05, 0) is 13.1 Å². The zero-order chi connectivity index (χ0) is 10.4. The highest BCUT2D eigenvalue weighted by molar-refractivity contribution is 5.83. The van der Waals surface area contributed by atoms with E-state index < -0.39 is 17.9 Å². The Kier molecular flexibility index (Phi) is 5.06. The zero-order valence-corrected chi connectivity index (χ0v) is 7.99. The van der Waals surface area contributed by atoms with E-state index in [0.717, 1.165) is 0 Å². The van der Waals surface area contributed by atoms with E-state index in [4.69, 9.17) is 10.8 Å². The van der Waals surface area contributed by atoms with Crippen LogP contribution >= 0.6 is 0 Å². The van der Waals surface area contributed by atoms with Crippen molar-refractivity contribution in [2.45, 2.75) is 26.3 Å². The van der Waals surface area contributed by atoms with Gasteiger partial charge in [-0.3, -0.25) is 14.5 Å². The molecule has 0 fully saturated rings. The molecule has 0 aliphatic carbocycles. The topological polar surface area (TPSA) is 83.6 Å². The summed E-state index contributed by atoms with van der Waals surface area (Å²) in [4.78, 5) is 23.0. The van der Waals surface area contributed by atoms with Crippen LogP contribution in [0.4, 0.5) is 0 Å². The summed E-state index contributed by atoms with van der Waals surface area (Å²) in [5.41, 5.74) is 4.95. The fourth-order valence-corrected chi connectivity index (χ4v) is 1.23. The Bertz CT molecular complexity index is 190. The maximum atomic E-state index is 10.7. The molecule has 0 heterocycles. The second kappa shape index (κ2) is 5.53. The van der Waals surface area contributed by atoms with Gasteiger partial charge in [0.25, 0.3) is 0 Å². The smallest absolute Gasteiger partial charge is 0.321 e. The molecule has 0 rings (SSSR count). The maximum absolute atomic E-state index is 10.7. The molecule has 5 heteroatoms. The van der Waals surface area contributed by atoms with Gasteiger partial charge in [-0.1, -0.05) is 13.8 Å². The molecule has 76 valence electrons. The van der Waals surface area contributed by atoms with Gasteiger partial charge < -0.3 is 10.8 Å². The van der Waals surface area contributed by atoms with Crippen LogP contribution in [0.1, 0.15) is 20.3 Å². The van der Waals surface area contributed by atoms with Gasteiger partial charge in [-0.15, -0.1) is 0 Å². The normalized spacial score (nSPS) is 12.8. The molecule has 0 bridgehead atoms. The number of carboxylic acids is 1. The predicted octanol–water partition coefficient (Wildman–Crippen LogP) is -0.343. The summed E-state index contributed by atoms with van der Waals surface area (Å²) < 4.78 is 0. The average Bonchev–Trinajstić information content (AvgIpc) is 2.04. The van der Waals surface area contributed by atoms with Gasteiger partial charge in [0.05, 0.1) is 6.42 Å². The quantitative estimate of drug-likeness (QED) is 0.597. The first-order valence-electron chi connectivity index (χ1n) is 4.28. The summed E-state index contributed by atoms with van der Waals surface area (Å²) >= 11 is 0. The molecule has 0 aliphatic rings. The molecule has 0 aromatic heterocycles. The third-order valence-electron chi connectivity index (χ3n) is 1.93. The first-order valence-corrected chi connectivity index (χ1v) is 4.28. The van der Waals surface area contributed by atoms with Crippen LogP contribution < -0.4 is 5.73 Å². The Balaban J connectivity index is 4.38. The van der Waals surface area contributed by atoms with Crippen molar-refractivity contribution < 1.29 is 14.7 Å². The molecule has 0 saturated carbocycles. The first-order chi connectivity index (χ1) is 6.02. The SMILES string of the molecule is CCN(CC)[C@@H](CC(N)=O)C(=O)O. The lowest BCUT2D eigenvalue weighted by Gasteiger charge is -2.24. The van der Waals surface area contributed by atoms with Crippen LogP contribution in [0.3, 0.4) is 0 Å². The van der Waals surface area contributed by atoms with Crippen molar-refractivity contribution >= 4 is 11.9 Å². The number of amides is 1. The van der Waals surface area contributed by atoms with Crippen molar-refractivity contribution in [3.63, 3.8) is 0 Å². The number of carbonyl (C=O) groups excluding carboxylic acids is 1. The largest absolute Gasteiger partial charge is 0.480 e. The second-order valence-electron chi connectivity index (χ2n) is 2.75. The van der Waals surface area contributed by atoms with E-state index in [-0.39, 0.29) is 6.42 Å². The Morgan fingerprint density at radius 2 is 1.85 bits per heavy atom. The van der Waals surface area contributed by atoms with Crippen LogP contribution in [-0.2, 0) is 9.59 Å². The van der Waals surface area contributed by atoms with E-state index in [1.807, 2.05) is 13.8 Å². The number of rotatable bonds is 6. The van der Waals surface area contributed by atoms with Crippen molar-refractivity contribution in [1.82, 2.24) is 4.90 Å². The van der Waals surface area contributed by atoms with Crippen LogP contribution in [0.25, 0.3) is 0 Å². The van der Waals surface area contributed by atoms with E-state index in [1.54, 1.807) is 4.90 Å². The molecule has 0 aromatic rings. The number of nitrogens with two attached hydrogens (primary N) is 1. The summed E-state index contributed by atoms with van der Waals surface area (Å²) in [6.45, 7) is 4.89. The van der Waals surface area contributed by atoms with Crippen molar-refractivity contribution in [2.75, 3.05) is 13.1 Å². The second-order valence-corrected chi connectivity index (χ2v) is 2.75. The van der Waals surface area contributed by atoms with Crippen LogP contribution in [-0.4, -0.2) is 41.0 Å². The maximum Gasteiger partial charge on any atom is 0.321 e. The zero-order valence-electron chi connectivity index (χ0n) is 7.99. The lowest BCUT2D eigenvalue weighted by atomic mass is 10.1. The van der Waals surface area contributed by atoms with Crippen LogP contribution in [0, 0.1) is 0 Å². The van der Waals surface area contributed by atoms with Gasteiger partial charge in [0.15, 0.2) is 0 Å². The molecule has 0 aromatic carbocycles. The molecule has 3 N–H and O–H groups in total. The summed E-state index contributed by atoms with van der Waals surface area (Å²) in [5.74, 6) is -1.58. The Morgan fingerprint density at radius 1 is 1.38 bits per heavy atom. The molecule has 1 atom stereocenters. The minimum atomic E-state index is -0.998. The van der Waals surface area contributed by atoms with E-state index in [1.165, 1.54) is 0 Å². The lowest BCUT2D eigenvalue weighted by molar-refractivity contribution is -0.145. The average molecular weight is 188 g/mol. The van der Waals surface area contributed by atoms with E-state index in [0.29, 0.717) is 13.1 Å². The predicted molar refractivity (Wildman–Crippen MR) is 48.2 cm³/mol. The Hall–Kier alpha value is -1.10. The number of aliphatic carboxylic acids is 1. The summed E-state index contributed by atoms with van der Waals surface area (Å²) in [6, 6.07) is -0.785. The van der Waals surface area contributed by atoms with Crippen molar-refractivity contribution in [2.24, 2.45) is 5.73 Å². The number of carbonyl (C=O) groups is 2. The molecule has 1 amide bonds. The van der Waals surface area contributed by atoms with Gasteiger partial charge in [0, 0.05) is 0 Å². The minimum absolute atomic E-state index is 0.128. The van der Waals surface area contributed by atoms with Gasteiger partial charge in [-0.2, -0.15) is 0 Å². The molecule has 13 heavy (non-hydrogen) atoms. The lowest BCUT2D eigenvalue weighted by Crippen LogP contribution is -2.43. The van der Waals surface area contributed by atoms with Gasteiger partial charge >= 0.3 is 5.97 Å². The highest BCUT2D eigenvalue weighted by Gasteiger charge is 2.24. The van der Waals surface area contributed by atoms with E-state index in [2.05, 4.69) is 0 Å². The van der Waals surface area contributed by atoms with E-state index in [9.17, 15) is 9.59 Å². The molecular formula is C8H16N2O3. The third kappa shape index (κ3) is 3.89. The standard InChI is InChI=1S/C8H16N2O3/c1-3-10(4-2)6(8(12)13)5-7(9)11/h6H,3-5H2,1-2H3,(H2,9,11)(H,12,13)/t6-/m0/s1. The monoisotopic (exact) mass is 188 g/mol. The Morgan fingerprint density at radius 3 is 2.08 bits per heavy atom. The highest BCUT2D eigenvalue weighted by Crippen LogP contribution is 2.03. The van der Waals surface area contributed by atoms with Gasteiger partial charge in [0.2, 0.25) is 5.91 Å². The third-order valence-corrected chi connectivity index (χ3v) is 1.93. The molecular weight excluding hydrogens is 172 g/mol. The van der Waals surface area contributed by atoms with Gasteiger partial charge in [0.1, 0.15) is 6.04 Å². The highest BCUT2D eigenvalue weighted by atomic mass is 16.4. The number of hydrogen-bond donors (Lipinski definition) is 2. The number of primary amides is 1. The van der Waals surface area contributed by atoms with Crippen molar-refractivity contribution in [3.05, 3.63) is 0 Å². The summed E-state index contributed by atoms with van der Waals surface area (Å²) in [7, 11) is 0. The first kappa shape index (κ1) is 11.9. The number of nitrogens with zero attached hydrogens (tertiary/aromatic N) is 1. The summed E-state index contributed by atoms with van der Waals surface area (Å²) in [5, 5.41) is 8.81. The van der Waals surface area contributed by atoms with Crippen LogP contribution in [0.15, 0.2) is 0 Å². The molecule has 0 aliphatic heterocycles. The molecule has 0 spiro atoms. The fourth-order valence-electron chi connectivity index (χ4n) is 1.23. The van der Waals surface area contributed by atoms with Crippen LogP contribution in [0.2, 0.25) is 0 Å². The number of hydrogen-bond acceptors (Lipinski definition) is 3. The number of likely N-dealkylation sites (N-methyl/N-ethyl adjacent to an activating group) is 1. The minimum Gasteiger partial charge on any atom is -0.480 e. The van der Waals surface area contributed by atoms with Crippen LogP contribution in [0.5, 0.6) is 0 Å². The van der Waals surface area contributed by atoms with Crippen molar-refractivity contribution in [3.8, 4) is 0 Å². The van der Waals surface area contributed by atoms with Gasteiger partial charge in [-0.25, -0.2) is 0 Å². The molecule has 0 unspecified atom stereocenters. The van der Waals surface area contributed by atoms with Crippen molar-refractivity contribution in [1.29, 1.82) is 0 Å². The van der Waals surface area contributed by atoms with E-state index >= 15 is 0 Å². The molecule has 0 radical (unpaired) electrons. The molecule has 0 saturated heterocycles.